The first-order valence-electron chi connectivity index (χ1n) is 10.4. The molecule has 0 bridgehead atoms. The molecule has 0 aliphatic carbocycles. The summed E-state index contributed by atoms with van der Waals surface area (Å²) in [6.07, 6.45) is -1.42. The number of carboxylic acids is 1. The van der Waals surface area contributed by atoms with Gasteiger partial charge in [0.1, 0.15) is 0 Å². The first kappa shape index (κ1) is 28.4. The van der Waals surface area contributed by atoms with E-state index in [0.717, 1.165) is 0 Å². The summed E-state index contributed by atoms with van der Waals surface area (Å²) in [4.78, 5) is 35.8. The van der Waals surface area contributed by atoms with Crippen molar-refractivity contribution in [1.82, 2.24) is 0 Å². The van der Waals surface area contributed by atoms with Crippen molar-refractivity contribution in [1.29, 1.82) is 0 Å². The lowest BCUT2D eigenvalue weighted by Gasteiger charge is -2.37. The Kier molecular flexibility index (Phi) is 10.1. The van der Waals surface area contributed by atoms with E-state index in [4.69, 9.17) is 23.3 Å². The van der Waals surface area contributed by atoms with Gasteiger partial charge in [-0.3, -0.25) is 23.2 Å². The molecule has 1 N–H and O–H groups in total. The maximum Gasteiger partial charge on any atom is 0.510 e. The molecule has 186 valence electrons. The molecule has 0 aromatic carbocycles. The van der Waals surface area contributed by atoms with Gasteiger partial charge in [-0.05, 0) is 41.5 Å². The van der Waals surface area contributed by atoms with Crippen molar-refractivity contribution in [2.75, 3.05) is 33.0 Å². The fourth-order valence-corrected chi connectivity index (χ4v) is 4.10. The number of aliphatic carboxylic acids is 1. The zero-order valence-electron chi connectivity index (χ0n) is 19.7. The van der Waals surface area contributed by atoms with Crippen LogP contribution in [-0.4, -0.2) is 62.3 Å². The summed E-state index contributed by atoms with van der Waals surface area (Å²) >= 11 is 0. The summed E-state index contributed by atoms with van der Waals surface area (Å²) in [6, 6.07) is 0. The second-order valence-corrected chi connectivity index (χ2v) is 11.3. The number of rotatable bonds is 12. The zero-order valence-corrected chi connectivity index (χ0v) is 20.6. The molecule has 11 nitrogen and oxygen atoms in total. The molecule has 12 heteroatoms. The molecule has 0 spiro atoms. The van der Waals surface area contributed by atoms with Crippen LogP contribution >= 0.6 is 7.60 Å². The molecule has 1 saturated heterocycles. The SMILES string of the molecule is CCP(=O)(OCOC(=O)OC(C)C)OCOC(=O)C(C)(C)C1COCC1C(C)(C)C(=O)O. The third-order valence-corrected chi connectivity index (χ3v) is 7.37. The molecule has 1 aliphatic rings. The number of hydrogen-bond acceptors (Lipinski definition) is 10. The number of carbonyl (C=O) groups excluding carboxylic acids is 2. The number of hydrogen-bond donors (Lipinski definition) is 1. The van der Waals surface area contributed by atoms with Gasteiger partial charge in [0.2, 0.25) is 13.6 Å². The van der Waals surface area contributed by atoms with Gasteiger partial charge >= 0.3 is 25.7 Å². The highest BCUT2D eigenvalue weighted by molar-refractivity contribution is 7.53. The van der Waals surface area contributed by atoms with E-state index in [2.05, 4.69) is 4.74 Å². The third-order valence-electron chi connectivity index (χ3n) is 5.60. The predicted molar refractivity (Wildman–Crippen MR) is 112 cm³/mol. The van der Waals surface area contributed by atoms with Crippen LogP contribution in [0.15, 0.2) is 0 Å². The van der Waals surface area contributed by atoms with Crippen molar-refractivity contribution < 1.29 is 52.1 Å². The van der Waals surface area contributed by atoms with Crippen LogP contribution in [0.25, 0.3) is 0 Å². The Labute approximate surface area is 188 Å². The highest BCUT2D eigenvalue weighted by atomic mass is 31.2. The quantitative estimate of drug-likeness (QED) is 0.247. The van der Waals surface area contributed by atoms with Gasteiger partial charge in [-0.15, -0.1) is 0 Å². The van der Waals surface area contributed by atoms with Crippen molar-refractivity contribution in [3.05, 3.63) is 0 Å². The molecule has 1 fully saturated rings. The van der Waals surface area contributed by atoms with E-state index in [9.17, 15) is 24.1 Å². The molecule has 0 amide bonds. The molecule has 1 rings (SSSR count). The average Bonchev–Trinajstić information content (AvgIpc) is 3.18. The van der Waals surface area contributed by atoms with Gasteiger partial charge in [0.05, 0.1) is 30.1 Å². The van der Waals surface area contributed by atoms with Crippen molar-refractivity contribution in [2.24, 2.45) is 22.7 Å². The second-order valence-electron chi connectivity index (χ2n) is 8.91. The molecular weight excluding hydrogens is 447 g/mol. The van der Waals surface area contributed by atoms with Crippen LogP contribution < -0.4 is 0 Å². The maximum absolute atomic E-state index is 12.8. The Morgan fingerprint density at radius 1 is 1.00 bits per heavy atom. The van der Waals surface area contributed by atoms with Crippen LogP contribution in [0.2, 0.25) is 0 Å². The number of carboxylic acid groups (broad SMARTS) is 1. The van der Waals surface area contributed by atoms with Crippen molar-refractivity contribution >= 4 is 25.7 Å². The minimum Gasteiger partial charge on any atom is -0.481 e. The van der Waals surface area contributed by atoms with Gasteiger partial charge < -0.3 is 24.1 Å². The van der Waals surface area contributed by atoms with Crippen LogP contribution in [0.4, 0.5) is 4.79 Å². The lowest BCUT2D eigenvalue weighted by atomic mass is 9.64. The lowest BCUT2D eigenvalue weighted by Crippen LogP contribution is -2.45. The smallest absolute Gasteiger partial charge is 0.481 e. The van der Waals surface area contributed by atoms with E-state index in [0.29, 0.717) is 0 Å². The topological polar surface area (TPSA) is 144 Å². The van der Waals surface area contributed by atoms with E-state index >= 15 is 0 Å². The second kappa shape index (κ2) is 11.4. The summed E-state index contributed by atoms with van der Waals surface area (Å²) in [5.41, 5.74) is -2.18. The Morgan fingerprint density at radius 2 is 1.50 bits per heavy atom. The summed E-state index contributed by atoms with van der Waals surface area (Å²) in [7, 11) is -3.69. The highest BCUT2D eigenvalue weighted by Gasteiger charge is 2.53. The molecule has 3 unspecified atom stereocenters. The first-order valence-corrected chi connectivity index (χ1v) is 12.1. The van der Waals surface area contributed by atoms with Gasteiger partial charge in [0.25, 0.3) is 0 Å². The predicted octanol–water partition coefficient (Wildman–Crippen LogP) is 3.65. The van der Waals surface area contributed by atoms with E-state index in [-0.39, 0.29) is 25.5 Å². The molecule has 0 saturated carbocycles. The van der Waals surface area contributed by atoms with Crippen LogP contribution in [0.3, 0.4) is 0 Å². The minimum absolute atomic E-state index is 0.0537. The summed E-state index contributed by atoms with van der Waals surface area (Å²) < 4.78 is 42.8. The standard InChI is InChI=1S/C20H35O11P/c1-8-32(25,30-12-28-18(24)31-13(2)3)29-11-27-17(23)20(6,7)15-10-26-9-14(15)19(4,5)16(21)22/h13-15H,8-12H2,1-7H3,(H,21,22). The van der Waals surface area contributed by atoms with Crippen LogP contribution in [0.1, 0.15) is 48.5 Å². The average molecular weight is 482 g/mol. The fourth-order valence-electron chi connectivity index (χ4n) is 3.23. The van der Waals surface area contributed by atoms with Crippen molar-refractivity contribution in [3.8, 4) is 0 Å². The summed E-state index contributed by atoms with van der Waals surface area (Å²) in [5, 5.41) is 9.55. The summed E-state index contributed by atoms with van der Waals surface area (Å²) in [6.45, 7) is 10.4. The Bertz CT molecular complexity index is 716. The van der Waals surface area contributed by atoms with Crippen LogP contribution in [0, 0.1) is 22.7 Å². The molecule has 32 heavy (non-hydrogen) atoms. The van der Waals surface area contributed by atoms with Crippen LogP contribution in [-0.2, 0) is 42.1 Å². The van der Waals surface area contributed by atoms with E-state index < -0.39 is 61.9 Å². The van der Waals surface area contributed by atoms with Crippen LogP contribution in [0.5, 0.6) is 0 Å². The molecule has 3 atom stereocenters. The van der Waals surface area contributed by atoms with Gasteiger partial charge in [-0.25, -0.2) is 4.79 Å². The molecule has 0 radical (unpaired) electrons. The van der Waals surface area contributed by atoms with E-state index in [1.807, 2.05) is 0 Å². The minimum atomic E-state index is -3.69. The zero-order chi connectivity index (χ0) is 24.7. The largest absolute Gasteiger partial charge is 0.510 e. The molecule has 1 aliphatic heterocycles. The molecule has 0 aromatic heterocycles. The van der Waals surface area contributed by atoms with Gasteiger partial charge in [-0.1, -0.05) is 6.92 Å². The van der Waals surface area contributed by atoms with E-state index in [1.54, 1.807) is 41.5 Å². The monoisotopic (exact) mass is 482 g/mol. The van der Waals surface area contributed by atoms with Gasteiger partial charge in [-0.2, -0.15) is 0 Å². The summed E-state index contributed by atoms with van der Waals surface area (Å²) in [5.74, 6) is -2.45. The van der Waals surface area contributed by atoms with E-state index in [1.165, 1.54) is 6.92 Å². The maximum atomic E-state index is 12.8. The van der Waals surface area contributed by atoms with Crippen molar-refractivity contribution in [2.45, 2.75) is 54.6 Å². The highest BCUT2D eigenvalue weighted by Crippen LogP contribution is 2.48. The number of ether oxygens (including phenoxy) is 4. The first-order chi connectivity index (χ1) is 14.7. The molecule has 1 heterocycles. The normalized spacial score (nSPS) is 21.1. The number of esters is 1. The molecular formula is C20H35O11P. The number of carbonyl (C=O) groups is 3. The Morgan fingerprint density at radius 3 is 1.97 bits per heavy atom. The third kappa shape index (κ3) is 7.43. The Balaban J connectivity index is 2.64. The Hall–Kier alpha value is -1.68. The van der Waals surface area contributed by atoms with Gasteiger partial charge in [0.15, 0.2) is 0 Å². The fraction of sp³-hybridized carbons (Fsp3) is 0.850. The lowest BCUT2D eigenvalue weighted by molar-refractivity contribution is -0.168. The van der Waals surface area contributed by atoms with Gasteiger partial charge in [0, 0.05) is 18.0 Å². The molecule has 0 aromatic rings. The van der Waals surface area contributed by atoms with Crippen molar-refractivity contribution in [3.63, 3.8) is 0 Å².